The third-order valence-corrected chi connectivity index (χ3v) is 7.78. The molecule has 2 aromatic carbocycles. The molecule has 19 heavy (non-hydrogen) atoms. The Morgan fingerprint density at radius 3 is 1.84 bits per heavy atom. The Morgan fingerprint density at radius 1 is 0.895 bits per heavy atom. The highest BCUT2D eigenvalue weighted by atomic mass is 28.3. The second-order valence-electron chi connectivity index (χ2n) is 5.54. The summed E-state index contributed by atoms with van der Waals surface area (Å²) < 4.78 is 0. The van der Waals surface area contributed by atoms with E-state index in [2.05, 4.69) is 49.5 Å². The summed E-state index contributed by atoms with van der Waals surface area (Å²) >= 11 is 0. The summed E-state index contributed by atoms with van der Waals surface area (Å²) in [7, 11) is -1.86. The van der Waals surface area contributed by atoms with Crippen molar-refractivity contribution >= 4 is 19.0 Å². The van der Waals surface area contributed by atoms with Crippen molar-refractivity contribution < 1.29 is 4.79 Å². The molecular formula is C17H20OSi. The summed E-state index contributed by atoms with van der Waals surface area (Å²) in [5.41, 5.74) is 1.17. The molecule has 0 aromatic heterocycles. The zero-order chi connectivity index (χ0) is 13.9. The Kier molecular flexibility index (Phi) is 4.01. The number of rotatable bonds is 4. The van der Waals surface area contributed by atoms with Gasteiger partial charge in [-0.15, -0.1) is 0 Å². The van der Waals surface area contributed by atoms with Gasteiger partial charge in [-0.1, -0.05) is 78.9 Å². The predicted octanol–water partition coefficient (Wildman–Crippen LogP) is 3.51. The normalized spacial score (nSPS) is 13.0. The number of benzene rings is 2. The van der Waals surface area contributed by atoms with Crippen LogP contribution in [0.25, 0.3) is 0 Å². The first kappa shape index (κ1) is 13.8. The Hall–Kier alpha value is -1.67. The minimum atomic E-state index is -1.86. The maximum Gasteiger partial charge on any atom is 0.134 e. The summed E-state index contributed by atoms with van der Waals surface area (Å²) in [4.78, 5) is 12.2. The molecule has 0 aliphatic carbocycles. The fraction of sp³-hybridized carbons (Fsp3) is 0.235. The van der Waals surface area contributed by atoms with Gasteiger partial charge in [0.15, 0.2) is 0 Å². The van der Waals surface area contributed by atoms with Crippen LogP contribution in [-0.2, 0) is 4.79 Å². The average molecular weight is 268 g/mol. The van der Waals surface area contributed by atoms with Crippen molar-refractivity contribution in [2.75, 3.05) is 0 Å². The quantitative estimate of drug-likeness (QED) is 0.776. The van der Waals surface area contributed by atoms with Gasteiger partial charge >= 0.3 is 0 Å². The molecule has 1 atom stereocenters. The van der Waals surface area contributed by atoms with Crippen molar-refractivity contribution in [3.05, 3.63) is 66.2 Å². The Morgan fingerprint density at radius 2 is 1.37 bits per heavy atom. The first-order chi connectivity index (χ1) is 9.03. The maximum atomic E-state index is 12.2. The summed E-state index contributed by atoms with van der Waals surface area (Å²) in [5.74, 6) is 0.270. The molecule has 1 nitrogen and oxygen atoms in total. The number of carbonyl (C=O) groups is 1. The van der Waals surface area contributed by atoms with E-state index in [9.17, 15) is 4.79 Å². The van der Waals surface area contributed by atoms with E-state index >= 15 is 0 Å². The topological polar surface area (TPSA) is 17.1 Å². The number of hydrogen-bond donors (Lipinski definition) is 0. The molecule has 0 saturated heterocycles. The lowest BCUT2D eigenvalue weighted by Crippen LogP contribution is -2.50. The van der Waals surface area contributed by atoms with Crippen LogP contribution in [0, 0.1) is 0 Å². The van der Waals surface area contributed by atoms with Crippen LogP contribution >= 0.6 is 0 Å². The van der Waals surface area contributed by atoms with Crippen molar-refractivity contribution in [2.24, 2.45) is 0 Å². The standard InChI is InChI=1S/C17H20OSi/c1-14(18)17(15-10-6-4-7-11-15)19(2,3)16-12-8-5-9-13-16/h4-13,17H,1-3H3. The van der Waals surface area contributed by atoms with Crippen LogP contribution in [0.1, 0.15) is 18.0 Å². The van der Waals surface area contributed by atoms with Crippen molar-refractivity contribution in [2.45, 2.75) is 25.6 Å². The van der Waals surface area contributed by atoms with Crippen LogP contribution in [0.15, 0.2) is 60.7 Å². The van der Waals surface area contributed by atoms with Crippen LogP contribution in [0.4, 0.5) is 0 Å². The lowest BCUT2D eigenvalue weighted by molar-refractivity contribution is -0.116. The highest BCUT2D eigenvalue weighted by molar-refractivity contribution is 6.93. The van der Waals surface area contributed by atoms with Crippen LogP contribution in [0.3, 0.4) is 0 Å². The second kappa shape index (κ2) is 5.53. The van der Waals surface area contributed by atoms with E-state index in [1.807, 2.05) is 24.3 Å². The lowest BCUT2D eigenvalue weighted by atomic mass is 10.1. The molecule has 2 rings (SSSR count). The lowest BCUT2D eigenvalue weighted by Gasteiger charge is -2.31. The summed E-state index contributed by atoms with van der Waals surface area (Å²) in [5, 5.41) is 1.33. The van der Waals surface area contributed by atoms with Gasteiger partial charge in [0.1, 0.15) is 5.78 Å². The zero-order valence-corrected chi connectivity index (χ0v) is 12.8. The summed E-state index contributed by atoms with van der Waals surface area (Å²) in [6.07, 6.45) is 0. The third-order valence-electron chi connectivity index (χ3n) is 3.78. The molecule has 0 aliphatic heterocycles. The fourth-order valence-corrected chi connectivity index (χ4v) is 6.27. The summed E-state index contributed by atoms with van der Waals surface area (Å²) in [6, 6.07) is 20.6. The molecule has 0 spiro atoms. The highest BCUT2D eigenvalue weighted by Gasteiger charge is 2.37. The number of hydrogen-bond acceptors (Lipinski definition) is 1. The van der Waals surface area contributed by atoms with E-state index in [0.29, 0.717) is 0 Å². The fourth-order valence-electron chi connectivity index (χ4n) is 2.84. The largest absolute Gasteiger partial charge is 0.300 e. The van der Waals surface area contributed by atoms with Gasteiger partial charge in [0.25, 0.3) is 0 Å². The molecule has 1 unspecified atom stereocenters. The highest BCUT2D eigenvalue weighted by Crippen LogP contribution is 2.27. The molecule has 0 bridgehead atoms. The van der Waals surface area contributed by atoms with Gasteiger partial charge < -0.3 is 0 Å². The Labute approximate surface area is 116 Å². The molecule has 0 radical (unpaired) electrons. The van der Waals surface area contributed by atoms with Crippen molar-refractivity contribution in [1.29, 1.82) is 0 Å². The molecule has 2 aromatic rings. The molecule has 0 N–H and O–H groups in total. The molecule has 0 amide bonds. The van der Waals surface area contributed by atoms with E-state index in [1.54, 1.807) is 6.92 Å². The SMILES string of the molecule is CC(=O)C(c1ccccc1)[Si](C)(C)c1ccccc1. The van der Waals surface area contributed by atoms with E-state index in [1.165, 1.54) is 5.19 Å². The monoisotopic (exact) mass is 268 g/mol. The molecule has 0 aliphatic rings. The first-order valence-corrected chi connectivity index (χ1v) is 9.72. The van der Waals surface area contributed by atoms with Crippen LogP contribution < -0.4 is 5.19 Å². The molecule has 0 saturated carbocycles. The van der Waals surface area contributed by atoms with E-state index < -0.39 is 8.07 Å². The van der Waals surface area contributed by atoms with Gasteiger partial charge in [-0.25, -0.2) is 0 Å². The van der Waals surface area contributed by atoms with Gasteiger partial charge in [-0.2, -0.15) is 0 Å². The van der Waals surface area contributed by atoms with Gasteiger partial charge in [0, 0.05) is 5.54 Å². The van der Waals surface area contributed by atoms with Crippen molar-refractivity contribution in [1.82, 2.24) is 0 Å². The number of carbonyl (C=O) groups excluding carboxylic acids is 1. The van der Waals surface area contributed by atoms with E-state index in [-0.39, 0.29) is 11.3 Å². The van der Waals surface area contributed by atoms with Gasteiger partial charge in [-0.05, 0) is 12.5 Å². The average Bonchev–Trinajstić information content (AvgIpc) is 2.40. The van der Waals surface area contributed by atoms with Gasteiger partial charge in [-0.3, -0.25) is 4.79 Å². The smallest absolute Gasteiger partial charge is 0.134 e. The van der Waals surface area contributed by atoms with Gasteiger partial charge in [0.05, 0.1) is 8.07 Å². The van der Waals surface area contributed by atoms with Gasteiger partial charge in [0.2, 0.25) is 0 Å². The van der Waals surface area contributed by atoms with E-state index in [0.717, 1.165) is 5.56 Å². The Bertz CT molecular complexity index is 546. The molecule has 0 heterocycles. The second-order valence-corrected chi connectivity index (χ2v) is 10.1. The van der Waals surface area contributed by atoms with Crippen LogP contribution in [-0.4, -0.2) is 13.9 Å². The molecule has 2 heteroatoms. The maximum absolute atomic E-state index is 12.2. The molecule has 0 fully saturated rings. The van der Waals surface area contributed by atoms with Crippen LogP contribution in [0.5, 0.6) is 0 Å². The van der Waals surface area contributed by atoms with Crippen LogP contribution in [0.2, 0.25) is 13.1 Å². The zero-order valence-electron chi connectivity index (χ0n) is 11.8. The number of ketones is 1. The minimum Gasteiger partial charge on any atom is -0.300 e. The molecular weight excluding hydrogens is 248 g/mol. The van der Waals surface area contributed by atoms with Crippen molar-refractivity contribution in [3.63, 3.8) is 0 Å². The summed E-state index contributed by atoms with van der Waals surface area (Å²) in [6.45, 7) is 6.28. The Balaban J connectivity index is 2.48. The van der Waals surface area contributed by atoms with E-state index in [4.69, 9.17) is 0 Å². The number of Topliss-reactive ketones (excluding diaryl/α,β-unsaturated/α-hetero) is 1. The first-order valence-electron chi connectivity index (χ1n) is 6.64. The van der Waals surface area contributed by atoms with Crippen molar-refractivity contribution in [3.8, 4) is 0 Å². The minimum absolute atomic E-state index is 0.0242. The third kappa shape index (κ3) is 2.84. The molecule has 98 valence electrons. The predicted molar refractivity (Wildman–Crippen MR) is 83.4 cm³/mol.